The number of carbonyl (C=O) groups excluding carboxylic acids is 3. The van der Waals surface area contributed by atoms with Crippen LogP contribution >= 0.6 is 0 Å². The molecule has 2 aromatic carbocycles. The van der Waals surface area contributed by atoms with Gasteiger partial charge in [0.1, 0.15) is 11.5 Å². The van der Waals surface area contributed by atoms with E-state index in [1.165, 1.54) is 32.0 Å². The van der Waals surface area contributed by atoms with Crippen LogP contribution in [-0.2, 0) is 9.59 Å². The number of esters is 2. The zero-order chi connectivity index (χ0) is 17.7. The van der Waals surface area contributed by atoms with Gasteiger partial charge in [0.25, 0.3) is 5.91 Å². The summed E-state index contributed by atoms with van der Waals surface area (Å²) < 4.78 is 10.0. The molecule has 6 heteroatoms. The number of ether oxygens (including phenoxy) is 2. The van der Waals surface area contributed by atoms with Gasteiger partial charge in [-0.1, -0.05) is 17.7 Å². The van der Waals surface area contributed by atoms with Crippen molar-refractivity contribution in [1.29, 1.82) is 0 Å². The van der Waals surface area contributed by atoms with E-state index in [1.54, 1.807) is 12.1 Å². The van der Waals surface area contributed by atoms with E-state index >= 15 is 0 Å². The lowest BCUT2D eigenvalue weighted by atomic mass is 10.1. The first-order valence-electron chi connectivity index (χ1n) is 7.24. The first-order chi connectivity index (χ1) is 11.3. The molecule has 0 radical (unpaired) electrons. The van der Waals surface area contributed by atoms with Gasteiger partial charge in [-0.25, -0.2) is 0 Å². The van der Waals surface area contributed by atoms with Crippen LogP contribution in [0.1, 0.15) is 29.8 Å². The molecule has 2 rings (SSSR count). The van der Waals surface area contributed by atoms with E-state index in [2.05, 4.69) is 5.32 Å². The number of hydrogen-bond acceptors (Lipinski definition) is 5. The van der Waals surface area contributed by atoms with E-state index in [-0.39, 0.29) is 17.1 Å². The Morgan fingerprint density at radius 2 is 1.50 bits per heavy atom. The Labute approximate surface area is 139 Å². The lowest BCUT2D eigenvalue weighted by Crippen LogP contribution is -2.15. The molecule has 0 aliphatic rings. The topological polar surface area (TPSA) is 81.7 Å². The molecule has 0 aromatic heterocycles. The van der Waals surface area contributed by atoms with Crippen LogP contribution in [0.2, 0.25) is 0 Å². The number of rotatable bonds is 4. The van der Waals surface area contributed by atoms with Gasteiger partial charge in [0, 0.05) is 19.5 Å². The van der Waals surface area contributed by atoms with Gasteiger partial charge in [-0.15, -0.1) is 0 Å². The quantitative estimate of drug-likeness (QED) is 0.689. The Hall–Kier alpha value is -3.15. The summed E-state index contributed by atoms with van der Waals surface area (Å²) in [6, 6.07) is 11.4. The maximum absolute atomic E-state index is 12.5. The fraction of sp³-hybridized carbons (Fsp3) is 0.167. The summed E-state index contributed by atoms with van der Waals surface area (Å²) in [4.78, 5) is 34.8. The van der Waals surface area contributed by atoms with Gasteiger partial charge >= 0.3 is 11.9 Å². The highest BCUT2D eigenvalue weighted by atomic mass is 16.5. The second-order valence-corrected chi connectivity index (χ2v) is 5.17. The van der Waals surface area contributed by atoms with Crippen molar-refractivity contribution in [2.24, 2.45) is 0 Å². The molecule has 0 bridgehead atoms. The number of anilines is 1. The van der Waals surface area contributed by atoms with Crippen molar-refractivity contribution in [3.8, 4) is 11.5 Å². The lowest BCUT2D eigenvalue weighted by molar-refractivity contribution is -0.133. The predicted molar refractivity (Wildman–Crippen MR) is 88.2 cm³/mol. The van der Waals surface area contributed by atoms with Crippen LogP contribution in [0.3, 0.4) is 0 Å². The van der Waals surface area contributed by atoms with E-state index in [4.69, 9.17) is 9.47 Å². The molecule has 0 heterocycles. The number of hydrogen-bond donors (Lipinski definition) is 1. The Morgan fingerprint density at radius 1 is 0.875 bits per heavy atom. The van der Waals surface area contributed by atoms with E-state index in [0.717, 1.165) is 5.56 Å². The molecule has 0 unspecified atom stereocenters. The Bertz CT molecular complexity index is 780. The summed E-state index contributed by atoms with van der Waals surface area (Å²) >= 11 is 0. The van der Waals surface area contributed by atoms with E-state index in [0.29, 0.717) is 5.69 Å². The van der Waals surface area contributed by atoms with Crippen molar-refractivity contribution in [3.05, 3.63) is 53.6 Å². The SMILES string of the molecule is CC(=O)Oc1ccc(OC(C)=O)c(C(=O)Nc2ccc(C)cc2)c1. The van der Waals surface area contributed by atoms with Crippen molar-refractivity contribution in [2.45, 2.75) is 20.8 Å². The number of benzene rings is 2. The highest BCUT2D eigenvalue weighted by molar-refractivity contribution is 6.06. The molecule has 0 fully saturated rings. The van der Waals surface area contributed by atoms with E-state index < -0.39 is 17.8 Å². The van der Waals surface area contributed by atoms with Crippen molar-refractivity contribution < 1.29 is 23.9 Å². The lowest BCUT2D eigenvalue weighted by Gasteiger charge is -2.11. The standard InChI is InChI=1S/C18H17NO5/c1-11-4-6-14(7-5-11)19-18(22)16-10-15(23-12(2)20)8-9-17(16)24-13(3)21/h4-10H,1-3H3,(H,19,22). The minimum atomic E-state index is -0.556. The van der Waals surface area contributed by atoms with Crippen LogP contribution in [-0.4, -0.2) is 17.8 Å². The van der Waals surface area contributed by atoms with Gasteiger partial charge in [0.05, 0.1) is 5.56 Å². The average molecular weight is 327 g/mol. The van der Waals surface area contributed by atoms with Crippen molar-refractivity contribution in [3.63, 3.8) is 0 Å². The van der Waals surface area contributed by atoms with E-state index in [9.17, 15) is 14.4 Å². The van der Waals surface area contributed by atoms with Gasteiger partial charge in [-0.05, 0) is 37.3 Å². The molecule has 0 spiro atoms. The molecule has 6 nitrogen and oxygen atoms in total. The fourth-order valence-electron chi connectivity index (χ4n) is 2.00. The van der Waals surface area contributed by atoms with Gasteiger partial charge in [0.15, 0.2) is 0 Å². The summed E-state index contributed by atoms with van der Waals surface area (Å²) in [5, 5.41) is 2.71. The molecule has 0 aliphatic heterocycles. The molecule has 1 N–H and O–H groups in total. The van der Waals surface area contributed by atoms with Crippen molar-refractivity contribution in [2.75, 3.05) is 5.32 Å². The second kappa shape index (κ2) is 7.41. The van der Waals surface area contributed by atoms with Crippen LogP contribution in [0.5, 0.6) is 11.5 Å². The van der Waals surface area contributed by atoms with Crippen LogP contribution in [0.15, 0.2) is 42.5 Å². The van der Waals surface area contributed by atoms with Crippen LogP contribution in [0.4, 0.5) is 5.69 Å². The van der Waals surface area contributed by atoms with Crippen molar-refractivity contribution >= 4 is 23.5 Å². The maximum Gasteiger partial charge on any atom is 0.308 e. The number of nitrogens with one attached hydrogen (secondary N) is 1. The van der Waals surface area contributed by atoms with Crippen molar-refractivity contribution in [1.82, 2.24) is 0 Å². The third kappa shape index (κ3) is 4.67. The molecule has 0 aliphatic carbocycles. The average Bonchev–Trinajstić information content (AvgIpc) is 2.50. The second-order valence-electron chi connectivity index (χ2n) is 5.17. The highest BCUT2D eigenvalue weighted by Gasteiger charge is 2.16. The Morgan fingerprint density at radius 3 is 2.08 bits per heavy atom. The Balaban J connectivity index is 2.32. The summed E-state index contributed by atoms with van der Waals surface area (Å²) in [5.41, 5.74) is 1.74. The minimum absolute atomic E-state index is 0.0861. The third-order valence-electron chi connectivity index (χ3n) is 3.02. The monoisotopic (exact) mass is 327 g/mol. The molecule has 24 heavy (non-hydrogen) atoms. The highest BCUT2D eigenvalue weighted by Crippen LogP contribution is 2.26. The smallest absolute Gasteiger partial charge is 0.308 e. The van der Waals surface area contributed by atoms with Gasteiger partial charge in [-0.3, -0.25) is 14.4 Å². The van der Waals surface area contributed by atoms with Crippen LogP contribution < -0.4 is 14.8 Å². The van der Waals surface area contributed by atoms with Gasteiger partial charge in [0.2, 0.25) is 0 Å². The molecule has 124 valence electrons. The third-order valence-corrected chi connectivity index (χ3v) is 3.02. The molecule has 0 saturated carbocycles. The molecule has 2 aromatic rings. The molecular weight excluding hydrogens is 310 g/mol. The van der Waals surface area contributed by atoms with E-state index in [1.807, 2.05) is 19.1 Å². The Kier molecular flexibility index (Phi) is 5.31. The number of aryl methyl sites for hydroxylation is 1. The minimum Gasteiger partial charge on any atom is -0.427 e. The maximum atomic E-state index is 12.5. The molecule has 0 saturated heterocycles. The molecule has 0 atom stereocenters. The zero-order valence-corrected chi connectivity index (χ0v) is 13.6. The first kappa shape index (κ1) is 17.2. The van der Waals surface area contributed by atoms with Crippen LogP contribution in [0.25, 0.3) is 0 Å². The molecular formula is C18H17NO5. The first-order valence-corrected chi connectivity index (χ1v) is 7.24. The fourth-order valence-corrected chi connectivity index (χ4v) is 2.00. The normalized spacial score (nSPS) is 9.96. The zero-order valence-electron chi connectivity index (χ0n) is 13.6. The summed E-state index contributed by atoms with van der Waals surface area (Å²) in [6.07, 6.45) is 0. The van der Waals surface area contributed by atoms with Gasteiger partial charge in [-0.2, -0.15) is 0 Å². The molecule has 1 amide bonds. The number of carbonyl (C=O) groups is 3. The largest absolute Gasteiger partial charge is 0.427 e. The number of amides is 1. The summed E-state index contributed by atoms with van der Waals surface area (Å²) in [5.74, 6) is -1.28. The van der Waals surface area contributed by atoms with Crippen LogP contribution in [0, 0.1) is 6.92 Å². The summed E-state index contributed by atoms with van der Waals surface area (Å²) in [6.45, 7) is 4.43. The summed E-state index contributed by atoms with van der Waals surface area (Å²) in [7, 11) is 0. The van der Waals surface area contributed by atoms with Gasteiger partial charge < -0.3 is 14.8 Å². The predicted octanol–water partition coefficient (Wildman–Crippen LogP) is 3.10.